The standard InChI is InChI=1S/C24H23N7O2S/c1-28-12-17(10-27-28)20-6-5-16(9-25-20)15-4-7-21-19(8-15)23-22(11-26-21)29(2)24(32)31(23)18-13-30(14-18)34(3)33/h4-12,18H,13-14H2,1-3H3. The molecule has 6 rings (SSSR count). The predicted octanol–water partition coefficient (Wildman–Crippen LogP) is 2.50. The van der Waals surface area contributed by atoms with Crippen LogP contribution in [0.15, 0.2) is 59.9 Å². The van der Waals surface area contributed by atoms with Crippen molar-refractivity contribution in [3.05, 3.63) is 65.6 Å². The Kier molecular flexibility index (Phi) is 4.75. The molecule has 10 heteroatoms. The molecule has 5 aromatic rings. The topological polar surface area (TPSA) is 90.8 Å². The summed E-state index contributed by atoms with van der Waals surface area (Å²) in [5, 5.41) is 5.13. The molecule has 0 radical (unpaired) electrons. The zero-order chi connectivity index (χ0) is 23.6. The Balaban J connectivity index is 1.47. The molecule has 1 aliphatic heterocycles. The maximum atomic E-state index is 13.2. The van der Waals surface area contributed by atoms with Crippen LogP contribution in [0.1, 0.15) is 6.04 Å². The van der Waals surface area contributed by atoms with Crippen molar-refractivity contribution in [3.63, 3.8) is 0 Å². The number of nitrogens with zero attached hydrogens (tertiary/aromatic N) is 7. The van der Waals surface area contributed by atoms with Gasteiger partial charge in [0.05, 0.1) is 51.7 Å². The molecule has 9 nitrogen and oxygen atoms in total. The fourth-order valence-corrected chi connectivity index (χ4v) is 5.39. The van der Waals surface area contributed by atoms with E-state index in [4.69, 9.17) is 0 Å². The first-order valence-corrected chi connectivity index (χ1v) is 12.5. The van der Waals surface area contributed by atoms with Gasteiger partial charge in [-0.05, 0) is 23.8 Å². The van der Waals surface area contributed by atoms with Gasteiger partial charge in [0.25, 0.3) is 0 Å². The first-order chi connectivity index (χ1) is 16.4. The van der Waals surface area contributed by atoms with Crippen LogP contribution in [-0.2, 0) is 25.1 Å². The van der Waals surface area contributed by atoms with Gasteiger partial charge >= 0.3 is 5.69 Å². The van der Waals surface area contributed by atoms with Gasteiger partial charge in [-0.3, -0.25) is 23.8 Å². The van der Waals surface area contributed by atoms with Crippen molar-refractivity contribution < 1.29 is 4.21 Å². The molecule has 1 aliphatic rings. The second kappa shape index (κ2) is 7.71. The number of pyridine rings is 2. The van der Waals surface area contributed by atoms with Crippen LogP contribution in [0.5, 0.6) is 0 Å². The summed E-state index contributed by atoms with van der Waals surface area (Å²) in [6.07, 6.45) is 9.01. The summed E-state index contributed by atoms with van der Waals surface area (Å²) in [4.78, 5) is 22.4. The van der Waals surface area contributed by atoms with E-state index in [9.17, 15) is 9.00 Å². The fourth-order valence-electron chi connectivity index (χ4n) is 4.62. The minimum Gasteiger partial charge on any atom is -0.293 e. The number of hydrogen-bond donors (Lipinski definition) is 0. The first-order valence-electron chi connectivity index (χ1n) is 10.9. The number of aromatic nitrogens is 6. The summed E-state index contributed by atoms with van der Waals surface area (Å²) in [7, 11) is 2.62. The van der Waals surface area contributed by atoms with Crippen LogP contribution in [0.3, 0.4) is 0 Å². The molecule has 0 saturated carbocycles. The highest BCUT2D eigenvalue weighted by molar-refractivity contribution is 7.81. The lowest BCUT2D eigenvalue weighted by atomic mass is 10.0. The third-order valence-corrected chi connectivity index (χ3v) is 7.60. The van der Waals surface area contributed by atoms with Crippen LogP contribution in [0.2, 0.25) is 0 Å². The number of aryl methyl sites for hydroxylation is 2. The van der Waals surface area contributed by atoms with Crippen molar-refractivity contribution in [2.24, 2.45) is 14.1 Å². The van der Waals surface area contributed by atoms with Gasteiger partial charge in [0, 0.05) is 62.3 Å². The molecule has 34 heavy (non-hydrogen) atoms. The Morgan fingerprint density at radius 3 is 2.44 bits per heavy atom. The third-order valence-electron chi connectivity index (χ3n) is 6.57. The molecule has 1 fully saturated rings. The highest BCUT2D eigenvalue weighted by Crippen LogP contribution is 2.32. The highest BCUT2D eigenvalue weighted by Gasteiger charge is 2.33. The lowest BCUT2D eigenvalue weighted by molar-refractivity contribution is 0.215. The monoisotopic (exact) mass is 473 g/mol. The van der Waals surface area contributed by atoms with Gasteiger partial charge in [-0.1, -0.05) is 12.1 Å². The van der Waals surface area contributed by atoms with Crippen LogP contribution < -0.4 is 5.69 Å². The normalized spacial score (nSPS) is 15.7. The Morgan fingerprint density at radius 2 is 1.76 bits per heavy atom. The van der Waals surface area contributed by atoms with Crippen molar-refractivity contribution >= 4 is 32.9 Å². The molecule has 0 bridgehead atoms. The smallest absolute Gasteiger partial charge is 0.293 e. The van der Waals surface area contributed by atoms with Crippen LogP contribution in [-0.4, -0.2) is 56.7 Å². The van der Waals surface area contributed by atoms with Crippen molar-refractivity contribution in [2.75, 3.05) is 19.3 Å². The predicted molar refractivity (Wildman–Crippen MR) is 133 cm³/mol. The maximum Gasteiger partial charge on any atom is 0.329 e. The number of rotatable bonds is 4. The van der Waals surface area contributed by atoms with Gasteiger partial charge < -0.3 is 0 Å². The Labute approximate surface area is 197 Å². The fraction of sp³-hybridized carbons (Fsp3) is 0.250. The van der Waals surface area contributed by atoms with Crippen molar-refractivity contribution in [3.8, 4) is 22.4 Å². The van der Waals surface area contributed by atoms with Crippen molar-refractivity contribution in [2.45, 2.75) is 6.04 Å². The first kappa shape index (κ1) is 20.9. The van der Waals surface area contributed by atoms with E-state index in [1.54, 1.807) is 34.9 Å². The molecular formula is C24H23N7O2S. The molecule has 1 aromatic carbocycles. The van der Waals surface area contributed by atoms with Gasteiger partial charge in [-0.25, -0.2) is 13.3 Å². The molecule has 1 saturated heterocycles. The Morgan fingerprint density at radius 1 is 0.971 bits per heavy atom. The minimum absolute atomic E-state index is 0.0187. The molecular weight excluding hydrogens is 450 g/mol. The average molecular weight is 474 g/mol. The number of benzene rings is 1. The summed E-state index contributed by atoms with van der Waals surface area (Å²) in [5.41, 5.74) is 6.21. The minimum atomic E-state index is -1.04. The summed E-state index contributed by atoms with van der Waals surface area (Å²) in [5.74, 6) is 0. The van der Waals surface area contributed by atoms with E-state index in [-0.39, 0.29) is 11.7 Å². The summed E-state index contributed by atoms with van der Waals surface area (Å²) in [6, 6.07) is 10.1. The van der Waals surface area contributed by atoms with Crippen LogP contribution >= 0.6 is 0 Å². The van der Waals surface area contributed by atoms with Crippen LogP contribution in [0.4, 0.5) is 0 Å². The van der Waals surface area contributed by atoms with Gasteiger partial charge in [-0.15, -0.1) is 0 Å². The van der Waals surface area contributed by atoms with Crippen LogP contribution in [0.25, 0.3) is 44.3 Å². The summed E-state index contributed by atoms with van der Waals surface area (Å²) >= 11 is 0. The number of fused-ring (bicyclic) bond motifs is 3. The van der Waals surface area contributed by atoms with Crippen LogP contribution in [0, 0.1) is 0 Å². The molecule has 0 aliphatic carbocycles. The van der Waals surface area contributed by atoms with Gasteiger partial charge in [-0.2, -0.15) is 5.10 Å². The van der Waals surface area contributed by atoms with E-state index >= 15 is 0 Å². The largest absolute Gasteiger partial charge is 0.329 e. The van der Waals surface area contributed by atoms with E-state index in [2.05, 4.69) is 21.1 Å². The van der Waals surface area contributed by atoms with E-state index in [1.165, 1.54) is 0 Å². The summed E-state index contributed by atoms with van der Waals surface area (Å²) < 4.78 is 18.9. The average Bonchev–Trinajstić information content (AvgIpc) is 3.35. The zero-order valence-electron chi connectivity index (χ0n) is 19.0. The zero-order valence-corrected chi connectivity index (χ0v) is 19.9. The van der Waals surface area contributed by atoms with Gasteiger partial charge in [0.1, 0.15) is 0 Å². The molecule has 5 heterocycles. The van der Waals surface area contributed by atoms with E-state index in [0.29, 0.717) is 13.1 Å². The second-order valence-electron chi connectivity index (χ2n) is 8.69. The quantitative estimate of drug-likeness (QED) is 0.400. The highest BCUT2D eigenvalue weighted by atomic mass is 32.2. The Hall–Kier alpha value is -3.63. The molecule has 0 amide bonds. The van der Waals surface area contributed by atoms with E-state index < -0.39 is 11.0 Å². The number of hydrogen-bond acceptors (Lipinski definition) is 5. The molecule has 0 spiro atoms. The van der Waals surface area contributed by atoms with Gasteiger partial charge in [0.2, 0.25) is 0 Å². The van der Waals surface area contributed by atoms with Crippen molar-refractivity contribution in [1.82, 2.24) is 33.2 Å². The third kappa shape index (κ3) is 3.21. The molecule has 1 atom stereocenters. The van der Waals surface area contributed by atoms with Gasteiger partial charge in [0.15, 0.2) is 0 Å². The summed E-state index contributed by atoms with van der Waals surface area (Å²) in [6.45, 7) is 1.18. The molecule has 1 unspecified atom stereocenters. The van der Waals surface area contributed by atoms with E-state index in [0.717, 1.165) is 44.3 Å². The number of imidazole rings is 1. The molecule has 4 aromatic heterocycles. The van der Waals surface area contributed by atoms with Crippen molar-refractivity contribution in [1.29, 1.82) is 0 Å². The van der Waals surface area contributed by atoms with E-state index in [1.807, 2.05) is 52.6 Å². The lowest BCUT2D eigenvalue weighted by Crippen LogP contribution is -2.50. The second-order valence-corrected chi connectivity index (χ2v) is 10.1. The Bertz CT molecular complexity index is 1640. The lowest BCUT2D eigenvalue weighted by Gasteiger charge is -2.37. The maximum absolute atomic E-state index is 13.2. The molecule has 0 N–H and O–H groups in total. The molecule has 172 valence electrons. The SMILES string of the molecule is Cn1cc(-c2ccc(-c3ccc4ncc5c(c4c3)n(C3CN(S(C)=O)C3)c(=O)n5C)cn2)cn1.